The molecule has 0 saturated heterocycles. The molecule has 0 aliphatic heterocycles. The first-order valence-corrected chi connectivity index (χ1v) is 6.38. The van der Waals surface area contributed by atoms with Gasteiger partial charge in [0.1, 0.15) is 11.9 Å². The zero-order valence-corrected chi connectivity index (χ0v) is 12.6. The van der Waals surface area contributed by atoms with E-state index in [4.69, 9.17) is 30.6 Å². The van der Waals surface area contributed by atoms with E-state index in [2.05, 4.69) is 4.74 Å². The van der Waals surface area contributed by atoms with E-state index in [1.165, 1.54) is 38.3 Å². The number of benzene rings is 1. The van der Waals surface area contributed by atoms with Crippen molar-refractivity contribution in [2.45, 2.75) is 19.1 Å². The van der Waals surface area contributed by atoms with Gasteiger partial charge in [-0.2, -0.15) is 0 Å². The lowest BCUT2D eigenvalue weighted by atomic mass is 10.2. The van der Waals surface area contributed by atoms with Crippen LogP contribution in [-0.2, 0) is 4.74 Å². The third-order valence-electron chi connectivity index (χ3n) is 1.97. The minimum Gasteiger partial charge on any atom is -0.508 e. The lowest BCUT2D eigenvalue weighted by molar-refractivity contribution is 0.0450. The SMILES string of the molecule is CC(O)CO.COC(=O)c1ccc(O)cc1.OCC(O)CO. The Hall–Kier alpha value is -1.71. The Labute approximate surface area is 128 Å². The van der Waals surface area contributed by atoms with Gasteiger partial charge in [-0.15, -0.1) is 0 Å². The van der Waals surface area contributed by atoms with Crippen molar-refractivity contribution in [1.29, 1.82) is 0 Å². The number of methoxy groups -OCH3 is 1. The van der Waals surface area contributed by atoms with Crippen LogP contribution < -0.4 is 0 Å². The highest BCUT2D eigenvalue weighted by molar-refractivity contribution is 5.89. The number of carbonyl (C=O) groups excluding carboxylic acids is 1. The van der Waals surface area contributed by atoms with Crippen molar-refractivity contribution in [2.24, 2.45) is 0 Å². The summed E-state index contributed by atoms with van der Waals surface area (Å²) in [5.74, 6) is -0.261. The van der Waals surface area contributed by atoms with Crippen molar-refractivity contribution in [3.8, 4) is 5.75 Å². The van der Waals surface area contributed by atoms with Gasteiger partial charge in [0.05, 0.1) is 38.6 Å². The zero-order valence-electron chi connectivity index (χ0n) is 12.6. The van der Waals surface area contributed by atoms with Crippen molar-refractivity contribution in [3.63, 3.8) is 0 Å². The fourth-order valence-corrected chi connectivity index (χ4v) is 0.773. The molecule has 22 heavy (non-hydrogen) atoms. The number of esters is 1. The lowest BCUT2D eigenvalue weighted by Gasteiger charge is -1.97. The summed E-state index contributed by atoms with van der Waals surface area (Å²) in [6, 6.07) is 5.88. The van der Waals surface area contributed by atoms with E-state index in [-0.39, 0.29) is 25.6 Å². The Morgan fingerprint density at radius 1 is 1.05 bits per heavy atom. The molecule has 6 N–H and O–H groups in total. The highest BCUT2D eigenvalue weighted by atomic mass is 16.5. The maximum Gasteiger partial charge on any atom is 0.337 e. The van der Waals surface area contributed by atoms with Crippen LogP contribution in [0.5, 0.6) is 5.75 Å². The second-order valence-electron chi connectivity index (χ2n) is 4.09. The highest BCUT2D eigenvalue weighted by Crippen LogP contribution is 2.09. The average Bonchev–Trinajstić information content (AvgIpc) is 2.55. The summed E-state index contributed by atoms with van der Waals surface area (Å²) in [4.78, 5) is 10.8. The molecule has 8 nitrogen and oxygen atoms in total. The molecule has 0 aromatic heterocycles. The smallest absolute Gasteiger partial charge is 0.337 e. The summed E-state index contributed by atoms with van der Waals surface area (Å²) in [5, 5.41) is 48.9. The standard InChI is InChI=1S/C8H8O3.C3H8O3.C3H8O2/c1-11-8(10)6-2-4-7(9)5-3-6;4-1-3(6)2-5;1-3(5)2-4/h2-5,9H,1H3;3-6H,1-2H2;3-5H,2H2,1H3. The van der Waals surface area contributed by atoms with Crippen molar-refractivity contribution < 1.29 is 40.2 Å². The average molecular weight is 320 g/mol. The van der Waals surface area contributed by atoms with E-state index in [0.717, 1.165) is 0 Å². The number of hydrogen-bond donors (Lipinski definition) is 6. The van der Waals surface area contributed by atoms with Gasteiger partial charge in [0, 0.05) is 0 Å². The molecule has 0 fully saturated rings. The third-order valence-corrected chi connectivity index (χ3v) is 1.97. The third kappa shape index (κ3) is 13.3. The van der Waals surface area contributed by atoms with Crippen molar-refractivity contribution >= 4 is 5.97 Å². The minimum absolute atomic E-state index is 0.137. The highest BCUT2D eigenvalue weighted by Gasteiger charge is 2.02. The van der Waals surface area contributed by atoms with Crippen LogP contribution >= 0.6 is 0 Å². The Balaban J connectivity index is 0. The van der Waals surface area contributed by atoms with Crippen LogP contribution in [0.4, 0.5) is 0 Å². The second kappa shape index (κ2) is 14.2. The van der Waals surface area contributed by atoms with Crippen LogP contribution in [0.3, 0.4) is 0 Å². The number of phenols is 1. The molecule has 0 heterocycles. The van der Waals surface area contributed by atoms with Gasteiger partial charge in [0.15, 0.2) is 0 Å². The van der Waals surface area contributed by atoms with Gasteiger partial charge in [0.2, 0.25) is 0 Å². The largest absolute Gasteiger partial charge is 0.508 e. The molecule has 0 saturated carbocycles. The maximum atomic E-state index is 10.8. The lowest BCUT2D eigenvalue weighted by Crippen LogP contribution is -2.15. The normalized spacial score (nSPS) is 10.7. The van der Waals surface area contributed by atoms with E-state index < -0.39 is 18.2 Å². The van der Waals surface area contributed by atoms with Crippen LogP contribution in [0.25, 0.3) is 0 Å². The summed E-state index contributed by atoms with van der Waals surface area (Å²) in [6.07, 6.45) is -1.51. The number of aliphatic hydroxyl groups is 5. The number of carbonyl (C=O) groups is 1. The Kier molecular flexibility index (Phi) is 14.6. The van der Waals surface area contributed by atoms with Gasteiger partial charge in [-0.05, 0) is 31.2 Å². The molecule has 0 radical (unpaired) electrons. The number of ether oxygens (including phenoxy) is 1. The number of phenolic OH excluding ortho intramolecular Hbond substituents is 1. The van der Waals surface area contributed by atoms with Crippen molar-refractivity contribution in [1.82, 2.24) is 0 Å². The molecule has 1 unspecified atom stereocenters. The maximum absolute atomic E-state index is 10.8. The Bertz CT molecular complexity index is 373. The van der Waals surface area contributed by atoms with Gasteiger partial charge >= 0.3 is 5.97 Å². The van der Waals surface area contributed by atoms with E-state index in [9.17, 15) is 4.79 Å². The first kappa shape index (κ1) is 22.6. The van der Waals surface area contributed by atoms with Crippen LogP contribution in [0.2, 0.25) is 0 Å². The number of rotatable bonds is 4. The number of aliphatic hydroxyl groups excluding tert-OH is 5. The molecule has 1 aromatic carbocycles. The predicted molar refractivity (Wildman–Crippen MR) is 78.4 cm³/mol. The number of hydrogen-bond acceptors (Lipinski definition) is 8. The molecule has 0 spiro atoms. The second-order valence-corrected chi connectivity index (χ2v) is 4.09. The summed E-state index contributed by atoms with van der Waals surface area (Å²) in [6.45, 7) is 0.660. The molecule has 1 aromatic rings. The van der Waals surface area contributed by atoms with Crippen LogP contribution in [-0.4, -0.2) is 75.7 Å². The molecule has 8 heteroatoms. The van der Waals surface area contributed by atoms with Gasteiger partial charge < -0.3 is 35.4 Å². The van der Waals surface area contributed by atoms with E-state index in [1.54, 1.807) is 0 Å². The van der Waals surface area contributed by atoms with Crippen LogP contribution in [0, 0.1) is 0 Å². The summed E-state index contributed by atoms with van der Waals surface area (Å²) in [5.41, 5.74) is 0.435. The quantitative estimate of drug-likeness (QED) is 0.382. The van der Waals surface area contributed by atoms with Crippen LogP contribution in [0.15, 0.2) is 24.3 Å². The van der Waals surface area contributed by atoms with Crippen LogP contribution in [0.1, 0.15) is 17.3 Å². The summed E-state index contributed by atoms with van der Waals surface area (Å²) < 4.78 is 4.46. The van der Waals surface area contributed by atoms with Crippen molar-refractivity contribution in [3.05, 3.63) is 29.8 Å². The molecular formula is C14H24O8. The van der Waals surface area contributed by atoms with Gasteiger partial charge in [-0.1, -0.05) is 0 Å². The molecule has 1 atom stereocenters. The fraction of sp³-hybridized carbons (Fsp3) is 0.500. The van der Waals surface area contributed by atoms with Gasteiger partial charge in [-0.3, -0.25) is 0 Å². The Morgan fingerprint density at radius 3 is 1.68 bits per heavy atom. The van der Waals surface area contributed by atoms with E-state index in [1.807, 2.05) is 0 Å². The monoisotopic (exact) mass is 320 g/mol. The van der Waals surface area contributed by atoms with E-state index in [0.29, 0.717) is 5.56 Å². The Morgan fingerprint density at radius 2 is 1.45 bits per heavy atom. The first-order chi connectivity index (χ1) is 10.3. The zero-order chi connectivity index (χ0) is 17.5. The molecule has 0 aliphatic carbocycles. The van der Waals surface area contributed by atoms with E-state index >= 15 is 0 Å². The molecular weight excluding hydrogens is 296 g/mol. The van der Waals surface area contributed by atoms with Gasteiger partial charge in [-0.25, -0.2) is 4.79 Å². The molecule has 1 rings (SSSR count). The number of aromatic hydroxyl groups is 1. The summed E-state index contributed by atoms with van der Waals surface area (Å²) in [7, 11) is 1.31. The van der Waals surface area contributed by atoms with Crippen molar-refractivity contribution in [2.75, 3.05) is 26.9 Å². The molecule has 0 bridgehead atoms. The first-order valence-electron chi connectivity index (χ1n) is 6.38. The summed E-state index contributed by atoms with van der Waals surface area (Å²) >= 11 is 0. The fourth-order valence-electron chi connectivity index (χ4n) is 0.773. The topological polar surface area (TPSA) is 148 Å². The minimum atomic E-state index is -0.954. The molecule has 0 aliphatic rings. The van der Waals surface area contributed by atoms with Gasteiger partial charge in [0.25, 0.3) is 0 Å². The molecule has 0 amide bonds. The molecule has 128 valence electrons. The predicted octanol–water partition coefficient (Wildman–Crippen LogP) is -1.13.